The molecule has 0 atom stereocenters. The van der Waals surface area contributed by atoms with Gasteiger partial charge in [0, 0.05) is 24.3 Å². The van der Waals surface area contributed by atoms with Crippen molar-refractivity contribution in [1.29, 1.82) is 0 Å². The Hall–Kier alpha value is -1.25. The number of fused-ring (bicyclic) bond motifs is 1. The molecule has 2 heterocycles. The molecule has 0 radical (unpaired) electrons. The van der Waals surface area contributed by atoms with Crippen molar-refractivity contribution < 1.29 is 0 Å². The summed E-state index contributed by atoms with van der Waals surface area (Å²) in [7, 11) is 0. The second-order valence-corrected chi connectivity index (χ2v) is 3.34. The summed E-state index contributed by atoms with van der Waals surface area (Å²) < 4.78 is 0. The van der Waals surface area contributed by atoms with Gasteiger partial charge in [-0.05, 0) is 5.92 Å². The van der Waals surface area contributed by atoms with E-state index < -0.39 is 0 Å². The summed E-state index contributed by atoms with van der Waals surface area (Å²) in [5.74, 6) is 0.544. The van der Waals surface area contributed by atoms with Gasteiger partial charge in [0.25, 0.3) is 0 Å². The van der Waals surface area contributed by atoms with E-state index in [4.69, 9.17) is 0 Å². The Bertz CT molecular complexity index is 273. The van der Waals surface area contributed by atoms with E-state index in [9.17, 15) is 0 Å². The van der Waals surface area contributed by atoms with Crippen LogP contribution < -0.4 is 5.32 Å². The third-order valence-electron chi connectivity index (χ3n) is 2.12. The molecule has 12 heavy (non-hydrogen) atoms. The quantitative estimate of drug-likeness (QED) is 0.630. The molecule has 0 bridgehead atoms. The molecule has 2 rings (SSSR count). The zero-order valence-electron chi connectivity index (χ0n) is 7.41. The van der Waals surface area contributed by atoms with E-state index in [0.29, 0.717) is 5.92 Å². The van der Waals surface area contributed by atoms with Gasteiger partial charge in [0.1, 0.15) is 6.67 Å². The summed E-state index contributed by atoms with van der Waals surface area (Å²) in [6.45, 7) is 5.15. The van der Waals surface area contributed by atoms with Gasteiger partial charge in [0.15, 0.2) is 0 Å². The Morgan fingerprint density at radius 1 is 1.50 bits per heavy atom. The Morgan fingerprint density at radius 3 is 3.08 bits per heavy atom. The van der Waals surface area contributed by atoms with E-state index in [0.717, 1.165) is 6.67 Å². The first-order chi connectivity index (χ1) is 5.79. The van der Waals surface area contributed by atoms with Crippen molar-refractivity contribution in [3.63, 3.8) is 0 Å². The van der Waals surface area contributed by atoms with Crippen molar-refractivity contribution in [2.24, 2.45) is 10.9 Å². The molecule has 0 unspecified atom stereocenters. The molecular formula is C9H13N3. The monoisotopic (exact) mass is 163 g/mol. The minimum Gasteiger partial charge on any atom is -0.364 e. The lowest BCUT2D eigenvalue weighted by Gasteiger charge is -2.27. The van der Waals surface area contributed by atoms with Gasteiger partial charge in [-0.2, -0.15) is 0 Å². The van der Waals surface area contributed by atoms with Crippen LogP contribution in [0.15, 0.2) is 28.8 Å². The van der Waals surface area contributed by atoms with Crippen LogP contribution in [0.3, 0.4) is 0 Å². The van der Waals surface area contributed by atoms with Crippen molar-refractivity contribution in [3.05, 3.63) is 23.8 Å². The number of allylic oxidation sites excluding steroid dienone is 2. The third kappa shape index (κ3) is 1.02. The normalized spacial score (nSPS) is 20.4. The first kappa shape index (κ1) is 7.40. The van der Waals surface area contributed by atoms with Gasteiger partial charge < -0.3 is 10.2 Å². The highest BCUT2D eigenvalue weighted by atomic mass is 15.3. The molecule has 0 spiro atoms. The Labute approximate surface area is 72.5 Å². The average molecular weight is 163 g/mol. The van der Waals surface area contributed by atoms with E-state index in [1.807, 2.05) is 18.6 Å². The van der Waals surface area contributed by atoms with Crippen LogP contribution in [0, 0.1) is 5.92 Å². The minimum atomic E-state index is 0.544. The minimum absolute atomic E-state index is 0.544. The van der Waals surface area contributed by atoms with Crippen LogP contribution in [-0.4, -0.2) is 17.8 Å². The van der Waals surface area contributed by atoms with Crippen molar-refractivity contribution >= 4 is 6.21 Å². The summed E-state index contributed by atoms with van der Waals surface area (Å²) in [5, 5.41) is 3.13. The van der Waals surface area contributed by atoms with E-state index >= 15 is 0 Å². The predicted molar refractivity (Wildman–Crippen MR) is 49.3 cm³/mol. The number of nitrogens with zero attached hydrogens (tertiary/aromatic N) is 2. The fraction of sp³-hybridized carbons (Fsp3) is 0.444. The van der Waals surface area contributed by atoms with Crippen molar-refractivity contribution in [3.8, 4) is 0 Å². The molecule has 0 amide bonds. The van der Waals surface area contributed by atoms with Crippen molar-refractivity contribution in [2.75, 3.05) is 6.67 Å². The largest absolute Gasteiger partial charge is 0.364 e. The number of nitrogens with one attached hydrogen (secondary N) is 1. The summed E-state index contributed by atoms with van der Waals surface area (Å²) in [5.41, 5.74) is 2.48. The fourth-order valence-electron chi connectivity index (χ4n) is 1.48. The van der Waals surface area contributed by atoms with Gasteiger partial charge in [0.2, 0.25) is 0 Å². The number of rotatable bonds is 1. The van der Waals surface area contributed by atoms with E-state index in [-0.39, 0.29) is 0 Å². The van der Waals surface area contributed by atoms with E-state index in [2.05, 4.69) is 29.1 Å². The van der Waals surface area contributed by atoms with Gasteiger partial charge >= 0.3 is 0 Å². The first-order valence-corrected chi connectivity index (χ1v) is 4.22. The first-order valence-electron chi connectivity index (χ1n) is 4.22. The maximum absolute atomic E-state index is 4.21. The molecule has 1 N–H and O–H groups in total. The number of aliphatic imine (C=N–C) groups is 1. The van der Waals surface area contributed by atoms with Crippen molar-refractivity contribution in [1.82, 2.24) is 10.2 Å². The van der Waals surface area contributed by atoms with Crippen LogP contribution >= 0.6 is 0 Å². The molecule has 2 aliphatic rings. The highest BCUT2D eigenvalue weighted by molar-refractivity contribution is 5.80. The third-order valence-corrected chi connectivity index (χ3v) is 2.12. The van der Waals surface area contributed by atoms with Crippen LogP contribution in [0.25, 0.3) is 0 Å². The second kappa shape index (κ2) is 2.66. The Kier molecular flexibility index (Phi) is 1.64. The molecule has 0 fully saturated rings. The molecule has 0 aliphatic carbocycles. The van der Waals surface area contributed by atoms with Crippen LogP contribution in [0.1, 0.15) is 13.8 Å². The molecule has 0 aromatic heterocycles. The average Bonchev–Trinajstić information content (AvgIpc) is 2.49. The molecule has 64 valence electrons. The Balaban J connectivity index is 2.24. The van der Waals surface area contributed by atoms with Gasteiger partial charge in [-0.3, -0.25) is 4.99 Å². The van der Waals surface area contributed by atoms with Gasteiger partial charge in [0.05, 0.1) is 5.70 Å². The summed E-state index contributed by atoms with van der Waals surface area (Å²) in [4.78, 5) is 6.44. The van der Waals surface area contributed by atoms with Crippen LogP contribution in [0.2, 0.25) is 0 Å². The SMILES string of the molecule is CC(C)C1=CNC=C2C=NCN21. The zero-order chi connectivity index (χ0) is 8.55. The molecule has 3 heteroatoms. The fourth-order valence-corrected chi connectivity index (χ4v) is 1.48. The molecule has 0 aromatic carbocycles. The smallest absolute Gasteiger partial charge is 0.114 e. The van der Waals surface area contributed by atoms with Crippen LogP contribution in [-0.2, 0) is 0 Å². The summed E-state index contributed by atoms with van der Waals surface area (Å²) in [6, 6.07) is 0. The number of hydrogen-bond donors (Lipinski definition) is 1. The summed E-state index contributed by atoms with van der Waals surface area (Å²) >= 11 is 0. The van der Waals surface area contributed by atoms with Crippen molar-refractivity contribution in [2.45, 2.75) is 13.8 Å². The number of hydrogen-bond acceptors (Lipinski definition) is 3. The molecule has 0 saturated heterocycles. The van der Waals surface area contributed by atoms with Gasteiger partial charge in [-0.15, -0.1) is 0 Å². The molecule has 2 aliphatic heterocycles. The lowest BCUT2D eigenvalue weighted by Crippen LogP contribution is -2.27. The highest BCUT2D eigenvalue weighted by Gasteiger charge is 2.21. The summed E-state index contributed by atoms with van der Waals surface area (Å²) in [6.07, 6.45) is 5.92. The highest BCUT2D eigenvalue weighted by Crippen LogP contribution is 2.23. The standard InChI is InChI=1S/C9H13N3/c1-7(2)9-5-10-3-8-4-11-6-12(8)9/h3-5,7,10H,6H2,1-2H3. The predicted octanol–water partition coefficient (Wildman–Crippen LogP) is 1.27. The van der Waals surface area contributed by atoms with Crippen LogP contribution in [0.5, 0.6) is 0 Å². The lowest BCUT2D eigenvalue weighted by molar-refractivity contribution is 0.415. The molecule has 0 aromatic rings. The molecular weight excluding hydrogens is 150 g/mol. The lowest BCUT2D eigenvalue weighted by atomic mass is 10.1. The zero-order valence-corrected chi connectivity index (χ0v) is 7.41. The molecule has 0 saturated carbocycles. The van der Waals surface area contributed by atoms with Gasteiger partial charge in [-0.1, -0.05) is 13.8 Å². The maximum Gasteiger partial charge on any atom is 0.114 e. The molecule has 3 nitrogen and oxygen atoms in total. The second-order valence-electron chi connectivity index (χ2n) is 3.34. The topological polar surface area (TPSA) is 27.6 Å². The van der Waals surface area contributed by atoms with E-state index in [1.165, 1.54) is 11.4 Å². The maximum atomic E-state index is 4.21. The van der Waals surface area contributed by atoms with Gasteiger partial charge in [-0.25, -0.2) is 0 Å². The van der Waals surface area contributed by atoms with Crippen LogP contribution in [0.4, 0.5) is 0 Å². The van der Waals surface area contributed by atoms with E-state index in [1.54, 1.807) is 0 Å². The Morgan fingerprint density at radius 2 is 2.33 bits per heavy atom.